The number of pyridine rings is 1. The number of nitriles is 1. The van der Waals surface area contributed by atoms with Crippen LogP contribution in [0.25, 0.3) is 4.85 Å². The van der Waals surface area contributed by atoms with Crippen molar-refractivity contribution in [3.05, 3.63) is 58.4 Å². The van der Waals surface area contributed by atoms with E-state index in [0.29, 0.717) is 40.7 Å². The molecule has 0 radical (unpaired) electrons. The van der Waals surface area contributed by atoms with Gasteiger partial charge in [0, 0.05) is 33.3 Å². The first-order valence-corrected chi connectivity index (χ1v) is 12.2. The minimum absolute atomic E-state index is 0.348. The van der Waals surface area contributed by atoms with Crippen LogP contribution in [0.4, 0.5) is 11.5 Å². The lowest BCUT2D eigenvalue weighted by Crippen LogP contribution is -2.33. The van der Waals surface area contributed by atoms with Gasteiger partial charge in [-0.15, -0.1) is 0 Å². The number of methoxy groups -OCH3 is 1. The van der Waals surface area contributed by atoms with Crippen molar-refractivity contribution >= 4 is 29.2 Å². The molecule has 1 aromatic carbocycles. The van der Waals surface area contributed by atoms with Crippen LogP contribution < -0.4 is 10.6 Å². The summed E-state index contributed by atoms with van der Waals surface area (Å²) in [5, 5.41) is 9.73. The van der Waals surface area contributed by atoms with Gasteiger partial charge in [0.25, 0.3) is 0 Å². The number of anilines is 1. The van der Waals surface area contributed by atoms with Gasteiger partial charge >= 0.3 is 0 Å². The number of nitrogens with two attached hydrogens (primary N) is 1. The molecule has 0 spiro atoms. The van der Waals surface area contributed by atoms with Crippen LogP contribution in [0, 0.1) is 17.9 Å². The van der Waals surface area contributed by atoms with Crippen LogP contribution in [0.15, 0.2) is 35.4 Å². The maximum absolute atomic E-state index is 12.4. The Labute approximate surface area is 205 Å². The number of carbonyl (C=O) groups excluding carboxylic acids is 1. The van der Waals surface area contributed by atoms with Crippen LogP contribution in [0.3, 0.4) is 0 Å². The number of hydrogen-bond acceptors (Lipinski definition) is 7. The summed E-state index contributed by atoms with van der Waals surface area (Å²) in [5.74, 6) is 0.0810. The van der Waals surface area contributed by atoms with E-state index in [1.165, 1.54) is 11.8 Å². The van der Waals surface area contributed by atoms with E-state index in [0.717, 1.165) is 44.7 Å². The Morgan fingerprint density at radius 1 is 1.32 bits per heavy atom. The number of rotatable bonds is 9. The van der Waals surface area contributed by atoms with Crippen molar-refractivity contribution in [2.45, 2.75) is 30.0 Å². The highest BCUT2D eigenvalue weighted by Gasteiger charge is 2.28. The zero-order chi connectivity index (χ0) is 24.5. The Morgan fingerprint density at radius 3 is 2.71 bits per heavy atom. The van der Waals surface area contributed by atoms with Crippen molar-refractivity contribution in [2.24, 2.45) is 5.73 Å². The second-order valence-corrected chi connectivity index (χ2v) is 9.10. The molecule has 1 aliphatic heterocycles. The number of primary amides is 1. The molecule has 3 rings (SSSR count). The summed E-state index contributed by atoms with van der Waals surface area (Å²) in [6.07, 6.45) is 1.45. The lowest BCUT2D eigenvalue weighted by molar-refractivity contribution is -0.117. The van der Waals surface area contributed by atoms with Gasteiger partial charge in [0.15, 0.2) is 0 Å². The molecule has 34 heavy (non-hydrogen) atoms. The van der Waals surface area contributed by atoms with Gasteiger partial charge in [-0.2, -0.15) is 5.26 Å². The average molecular weight is 479 g/mol. The molecule has 0 saturated carbocycles. The molecule has 2 N–H and O–H groups in total. The number of ether oxygens (including phenoxy) is 1. The molecular weight excluding hydrogens is 448 g/mol. The summed E-state index contributed by atoms with van der Waals surface area (Å²) < 4.78 is 5.22. The summed E-state index contributed by atoms with van der Waals surface area (Å²) in [4.78, 5) is 25.5. The number of nitrogens with zero attached hydrogens (tertiary/aromatic N) is 5. The first kappa shape index (κ1) is 25.5. The maximum atomic E-state index is 12.4. The zero-order valence-electron chi connectivity index (χ0n) is 19.7. The summed E-state index contributed by atoms with van der Waals surface area (Å²) >= 11 is 1.18. The maximum Gasteiger partial charge on any atom is 0.235 e. The van der Waals surface area contributed by atoms with Crippen molar-refractivity contribution in [1.29, 1.82) is 5.26 Å². The second kappa shape index (κ2) is 12.4. The summed E-state index contributed by atoms with van der Waals surface area (Å²) in [6, 6.07) is 11.5. The molecule has 1 aliphatic rings. The monoisotopic (exact) mass is 478 g/mol. The summed E-state index contributed by atoms with van der Waals surface area (Å²) in [7, 11) is 1.70. The number of amides is 1. The van der Waals surface area contributed by atoms with Crippen LogP contribution in [0.5, 0.6) is 0 Å². The fourth-order valence-corrected chi connectivity index (χ4v) is 5.19. The molecule has 2 aromatic rings. The Morgan fingerprint density at radius 2 is 2.09 bits per heavy atom. The number of hydrogen-bond donors (Lipinski definition) is 1. The van der Waals surface area contributed by atoms with E-state index >= 15 is 0 Å². The second-order valence-electron chi connectivity index (χ2n) is 8.01. The number of thioether (sulfide) groups is 1. The fraction of sp³-hybridized carbons (Fsp3) is 0.440. The molecule has 9 heteroatoms. The fourth-order valence-electron chi connectivity index (χ4n) is 4.13. The molecule has 1 atom stereocenters. The third kappa shape index (κ3) is 5.87. The molecule has 0 aliphatic carbocycles. The van der Waals surface area contributed by atoms with Crippen molar-refractivity contribution < 1.29 is 9.53 Å². The van der Waals surface area contributed by atoms with E-state index in [2.05, 4.69) is 20.7 Å². The van der Waals surface area contributed by atoms with Crippen LogP contribution in [0.2, 0.25) is 0 Å². The number of aromatic nitrogens is 1. The van der Waals surface area contributed by atoms with Gasteiger partial charge in [0.1, 0.15) is 22.2 Å². The molecular formula is C25H30N6O2S. The lowest BCUT2D eigenvalue weighted by Gasteiger charge is -2.26. The van der Waals surface area contributed by atoms with Gasteiger partial charge < -0.3 is 15.4 Å². The van der Waals surface area contributed by atoms with Gasteiger partial charge in [-0.1, -0.05) is 49.0 Å². The van der Waals surface area contributed by atoms with E-state index in [4.69, 9.17) is 22.0 Å². The Hall–Kier alpha value is -3.11. The summed E-state index contributed by atoms with van der Waals surface area (Å²) in [6.45, 7) is 14.6. The van der Waals surface area contributed by atoms with Gasteiger partial charge in [0.05, 0.1) is 18.7 Å². The highest BCUT2D eigenvalue weighted by Crippen LogP contribution is 2.42. The first-order chi connectivity index (χ1) is 16.5. The van der Waals surface area contributed by atoms with E-state index in [-0.39, 0.29) is 0 Å². The third-order valence-electron chi connectivity index (χ3n) is 5.89. The van der Waals surface area contributed by atoms with Crippen LogP contribution in [-0.4, -0.2) is 62.2 Å². The molecule has 2 heterocycles. The minimum atomic E-state index is -0.689. The van der Waals surface area contributed by atoms with Crippen LogP contribution in [-0.2, 0) is 16.0 Å². The van der Waals surface area contributed by atoms with Gasteiger partial charge in [0.2, 0.25) is 11.6 Å². The van der Waals surface area contributed by atoms with Gasteiger partial charge in [-0.25, -0.2) is 9.83 Å². The van der Waals surface area contributed by atoms with Gasteiger partial charge in [-0.3, -0.25) is 9.69 Å². The van der Waals surface area contributed by atoms with E-state index in [1.54, 1.807) is 7.11 Å². The Balaban J connectivity index is 2.02. The molecule has 1 saturated heterocycles. The van der Waals surface area contributed by atoms with Crippen LogP contribution >= 0.6 is 11.8 Å². The van der Waals surface area contributed by atoms with Gasteiger partial charge in [-0.05, 0) is 30.5 Å². The molecule has 8 nitrogen and oxygen atoms in total. The quantitative estimate of drug-likeness (QED) is 0.435. The summed E-state index contributed by atoms with van der Waals surface area (Å²) in [5.41, 5.74) is 7.94. The normalized spacial score (nSPS) is 15.2. The van der Waals surface area contributed by atoms with Crippen molar-refractivity contribution in [2.75, 3.05) is 51.3 Å². The highest BCUT2D eigenvalue weighted by molar-refractivity contribution is 8.00. The minimum Gasteiger partial charge on any atom is -0.383 e. The molecule has 1 aromatic heterocycles. The van der Waals surface area contributed by atoms with Crippen molar-refractivity contribution in [1.82, 2.24) is 9.88 Å². The molecule has 1 fully saturated rings. The molecule has 1 amide bonds. The topological polar surface area (TPSA) is 99.8 Å². The van der Waals surface area contributed by atoms with E-state index < -0.39 is 11.2 Å². The molecule has 0 bridgehead atoms. The standard InChI is InChI=1S/C25H30N6O2S/c1-4-19-20(17-26)25(34-22(23(27)32)18-9-6-5-7-10-18)29-24(21(19)28-2)31-12-8-11-30(13-14-31)15-16-33-3/h5-7,9-10,22H,4,8,11-16H2,1,3H3,(H2,27,32). The Bertz CT molecular complexity index is 1080. The van der Waals surface area contributed by atoms with Crippen LogP contribution in [0.1, 0.15) is 35.3 Å². The largest absolute Gasteiger partial charge is 0.383 e. The van der Waals surface area contributed by atoms with E-state index in [9.17, 15) is 10.1 Å². The molecule has 178 valence electrons. The Kier molecular flexibility index (Phi) is 9.29. The average Bonchev–Trinajstić information content (AvgIpc) is 3.10. The predicted octanol–water partition coefficient (Wildman–Crippen LogP) is 3.54. The lowest BCUT2D eigenvalue weighted by atomic mass is 10.1. The highest BCUT2D eigenvalue weighted by atomic mass is 32.2. The smallest absolute Gasteiger partial charge is 0.235 e. The van der Waals surface area contributed by atoms with Crippen molar-refractivity contribution in [3.63, 3.8) is 0 Å². The predicted molar refractivity (Wildman–Crippen MR) is 134 cm³/mol. The molecule has 1 unspecified atom stereocenters. The first-order valence-electron chi connectivity index (χ1n) is 11.4. The van der Waals surface area contributed by atoms with E-state index in [1.807, 2.05) is 37.3 Å². The number of carbonyl (C=O) groups is 1. The number of benzene rings is 1. The SMILES string of the molecule is [C-]#[N+]c1c(N2CCCN(CCOC)CC2)nc(SC(C(N)=O)c2ccccc2)c(C#N)c1CC. The zero-order valence-corrected chi connectivity index (χ0v) is 20.5. The van der Waals surface area contributed by atoms with Crippen molar-refractivity contribution in [3.8, 4) is 6.07 Å². The third-order valence-corrected chi connectivity index (χ3v) is 7.15.